The molecule has 1 saturated heterocycles. The van der Waals surface area contributed by atoms with E-state index in [0.29, 0.717) is 30.4 Å². The number of aromatic nitrogens is 4. The second-order valence-corrected chi connectivity index (χ2v) is 12.8. The number of carbonyl (C=O) groups excluding carboxylic acids is 1. The first kappa shape index (κ1) is 33.9. The third-order valence-corrected chi connectivity index (χ3v) is 9.72. The van der Waals surface area contributed by atoms with Crippen LogP contribution < -0.4 is 10.5 Å². The quantitative estimate of drug-likeness (QED) is 0.144. The molecule has 1 saturated carbocycles. The minimum atomic E-state index is -1.18. The van der Waals surface area contributed by atoms with Crippen molar-refractivity contribution >= 4 is 22.8 Å². The summed E-state index contributed by atoms with van der Waals surface area (Å²) in [6.07, 6.45) is 8.58. The van der Waals surface area contributed by atoms with Crippen LogP contribution in [0.3, 0.4) is 0 Å². The van der Waals surface area contributed by atoms with Crippen molar-refractivity contribution in [1.82, 2.24) is 29.5 Å². The number of carbonyl (C=O) groups is 1. The van der Waals surface area contributed by atoms with Crippen LogP contribution in [0.2, 0.25) is 0 Å². The largest absolute Gasteiger partial charge is 0.454 e. The highest BCUT2D eigenvalue weighted by Gasteiger charge is 2.36. The lowest BCUT2D eigenvalue weighted by Crippen LogP contribution is -2.42. The maximum absolute atomic E-state index is 15.7. The second kappa shape index (κ2) is 14.3. The molecule has 256 valence electrons. The molecular weight excluding hydrogens is 633 g/mol. The Hall–Kier alpha value is -4.96. The molecule has 6 rings (SSSR count). The Bertz CT molecular complexity index is 1930. The van der Waals surface area contributed by atoms with E-state index >= 15 is 4.39 Å². The van der Waals surface area contributed by atoms with Crippen molar-refractivity contribution in [3.05, 3.63) is 71.8 Å². The molecule has 1 atom stereocenters. The lowest BCUT2D eigenvalue weighted by molar-refractivity contribution is -0.128. The van der Waals surface area contributed by atoms with Crippen molar-refractivity contribution < 1.29 is 22.7 Å². The number of nitrogens with zero attached hydrogens (tertiary/aromatic N) is 7. The van der Waals surface area contributed by atoms with Gasteiger partial charge in [-0.1, -0.05) is 38.8 Å². The standard InChI is InChI=1S/C36H39F3N8O2/c1-3-45(4-2)21-36(14-5-6-15-36)18-23(19-40)35(48)46-16-8-9-24(20-46)47-34-30(33(41)42-22-43-34)32(44-47)26-13-12-25(17-28(26)38)49-29-11-7-10-27(37)31(29)39/h7,10-13,17-18,22,24H,3-6,8-9,14-16,20-21H2,1-2H3,(H2,41,42,43)/b23-18+/t24-/m1/s1. The summed E-state index contributed by atoms with van der Waals surface area (Å²) in [6.45, 7) is 7.63. The first-order valence-corrected chi connectivity index (χ1v) is 16.7. The number of nitriles is 1. The van der Waals surface area contributed by atoms with Gasteiger partial charge in [0.05, 0.1) is 11.4 Å². The van der Waals surface area contributed by atoms with Crippen LogP contribution in [-0.4, -0.2) is 68.2 Å². The number of anilines is 1. The highest BCUT2D eigenvalue weighted by atomic mass is 19.2. The van der Waals surface area contributed by atoms with Crippen LogP contribution in [0.4, 0.5) is 19.0 Å². The van der Waals surface area contributed by atoms with Gasteiger partial charge in [-0.3, -0.25) is 4.79 Å². The van der Waals surface area contributed by atoms with Gasteiger partial charge in [-0.05, 0) is 63.0 Å². The Labute approximate surface area is 283 Å². The van der Waals surface area contributed by atoms with Gasteiger partial charge in [-0.2, -0.15) is 14.8 Å². The normalized spacial score (nSPS) is 17.9. The third kappa shape index (κ3) is 6.83. The SMILES string of the molecule is CCN(CC)CC1(/C=C(\C#N)C(=O)N2CCC[C@@H](n3nc(-c4ccc(Oc5cccc(F)c5F)cc4F)c4c(N)ncnc43)C2)CCCC1. The molecule has 0 radical (unpaired) electrons. The average molecular weight is 673 g/mol. The lowest BCUT2D eigenvalue weighted by Gasteiger charge is -2.34. The Kier molecular flexibility index (Phi) is 9.87. The minimum absolute atomic E-state index is 0.0435. The first-order chi connectivity index (χ1) is 23.7. The number of nitrogens with two attached hydrogens (primary N) is 1. The Balaban J connectivity index is 1.29. The number of benzene rings is 2. The van der Waals surface area contributed by atoms with Gasteiger partial charge in [0.1, 0.15) is 41.0 Å². The Morgan fingerprint density at radius 1 is 1.12 bits per heavy atom. The summed E-state index contributed by atoms with van der Waals surface area (Å²) in [5.41, 5.74) is 6.88. The molecule has 3 heterocycles. The molecule has 1 aliphatic heterocycles. The van der Waals surface area contributed by atoms with Crippen molar-refractivity contribution in [3.63, 3.8) is 0 Å². The molecular formula is C36H39F3N8O2. The smallest absolute Gasteiger partial charge is 0.264 e. The van der Waals surface area contributed by atoms with Crippen molar-refractivity contribution in [2.75, 3.05) is 38.5 Å². The molecule has 49 heavy (non-hydrogen) atoms. The number of hydrogen-bond donors (Lipinski definition) is 1. The zero-order chi connectivity index (χ0) is 34.7. The van der Waals surface area contributed by atoms with E-state index in [1.54, 1.807) is 9.58 Å². The molecule has 2 aromatic heterocycles. The first-order valence-electron chi connectivity index (χ1n) is 16.7. The lowest BCUT2D eigenvalue weighted by atomic mass is 9.83. The van der Waals surface area contributed by atoms with Gasteiger partial charge < -0.3 is 20.3 Å². The van der Waals surface area contributed by atoms with Crippen LogP contribution >= 0.6 is 0 Å². The molecule has 2 aromatic carbocycles. The molecule has 0 unspecified atom stereocenters. The second-order valence-electron chi connectivity index (χ2n) is 12.8. The van der Waals surface area contributed by atoms with Gasteiger partial charge in [0.25, 0.3) is 5.91 Å². The summed E-state index contributed by atoms with van der Waals surface area (Å²) in [5.74, 6) is -3.64. The highest BCUT2D eigenvalue weighted by molar-refractivity contribution is 5.99. The fourth-order valence-electron chi connectivity index (χ4n) is 7.16. The third-order valence-electron chi connectivity index (χ3n) is 9.72. The van der Waals surface area contributed by atoms with E-state index in [4.69, 9.17) is 15.6 Å². The maximum atomic E-state index is 15.7. The van der Waals surface area contributed by atoms with Crippen molar-refractivity contribution in [2.45, 2.75) is 58.4 Å². The summed E-state index contributed by atoms with van der Waals surface area (Å²) in [4.78, 5) is 26.5. The van der Waals surface area contributed by atoms with E-state index in [-0.39, 0.29) is 58.1 Å². The average Bonchev–Trinajstić information content (AvgIpc) is 3.74. The van der Waals surface area contributed by atoms with Gasteiger partial charge >= 0.3 is 0 Å². The van der Waals surface area contributed by atoms with E-state index in [1.165, 1.54) is 30.6 Å². The minimum Gasteiger partial charge on any atom is -0.454 e. The van der Waals surface area contributed by atoms with Crippen LogP contribution in [0.1, 0.15) is 58.4 Å². The molecule has 4 aromatic rings. The van der Waals surface area contributed by atoms with E-state index < -0.39 is 17.5 Å². The van der Waals surface area contributed by atoms with E-state index in [9.17, 15) is 18.8 Å². The van der Waals surface area contributed by atoms with Crippen LogP contribution in [0, 0.1) is 34.2 Å². The zero-order valence-electron chi connectivity index (χ0n) is 27.6. The number of fused-ring (bicyclic) bond motifs is 1. The van der Waals surface area contributed by atoms with Crippen LogP contribution in [0.5, 0.6) is 11.5 Å². The monoisotopic (exact) mass is 672 g/mol. The molecule has 2 fully saturated rings. The molecule has 1 amide bonds. The van der Waals surface area contributed by atoms with Gasteiger partial charge in [-0.15, -0.1) is 0 Å². The maximum Gasteiger partial charge on any atom is 0.264 e. The predicted molar refractivity (Wildman–Crippen MR) is 179 cm³/mol. The molecule has 1 aliphatic carbocycles. The van der Waals surface area contributed by atoms with Gasteiger partial charge in [0.15, 0.2) is 17.2 Å². The summed E-state index contributed by atoms with van der Waals surface area (Å²) in [5, 5.41) is 15.3. The molecule has 2 N–H and O–H groups in total. The van der Waals surface area contributed by atoms with Gasteiger partial charge in [0, 0.05) is 36.7 Å². The molecule has 10 nitrogen and oxygen atoms in total. The Morgan fingerprint density at radius 2 is 1.90 bits per heavy atom. The van der Waals surface area contributed by atoms with E-state index in [1.807, 2.05) is 6.08 Å². The summed E-state index contributed by atoms with van der Waals surface area (Å²) < 4.78 is 50.6. The molecule has 2 aliphatic rings. The van der Waals surface area contributed by atoms with Crippen molar-refractivity contribution in [2.24, 2.45) is 5.41 Å². The number of likely N-dealkylation sites (tertiary alicyclic amines) is 1. The number of amides is 1. The number of hydrogen-bond acceptors (Lipinski definition) is 8. The number of nitrogen functional groups attached to an aromatic ring is 1. The van der Waals surface area contributed by atoms with E-state index in [2.05, 4.69) is 34.8 Å². The number of piperidine rings is 1. The van der Waals surface area contributed by atoms with Gasteiger partial charge in [-0.25, -0.2) is 23.4 Å². The van der Waals surface area contributed by atoms with Crippen LogP contribution in [-0.2, 0) is 4.79 Å². The Morgan fingerprint density at radius 3 is 2.61 bits per heavy atom. The number of rotatable bonds is 10. The zero-order valence-corrected chi connectivity index (χ0v) is 27.6. The number of ether oxygens (including phenoxy) is 1. The summed E-state index contributed by atoms with van der Waals surface area (Å²) in [7, 11) is 0. The predicted octanol–water partition coefficient (Wildman–Crippen LogP) is 6.80. The molecule has 0 bridgehead atoms. The summed E-state index contributed by atoms with van der Waals surface area (Å²) >= 11 is 0. The fraction of sp³-hybridized carbons (Fsp3) is 0.417. The van der Waals surface area contributed by atoms with Gasteiger partial charge in [0.2, 0.25) is 5.82 Å². The molecule has 13 heteroatoms. The highest BCUT2D eigenvalue weighted by Crippen LogP contribution is 2.42. The van der Waals surface area contributed by atoms with E-state index in [0.717, 1.165) is 57.5 Å². The fourth-order valence-corrected chi connectivity index (χ4v) is 7.16. The topological polar surface area (TPSA) is 126 Å². The van der Waals surface area contributed by atoms with Crippen molar-refractivity contribution in [1.29, 1.82) is 5.26 Å². The van der Waals surface area contributed by atoms with Crippen LogP contribution in [0.25, 0.3) is 22.3 Å². The van der Waals surface area contributed by atoms with Crippen LogP contribution in [0.15, 0.2) is 54.4 Å². The number of halogens is 3. The van der Waals surface area contributed by atoms with Crippen molar-refractivity contribution in [3.8, 4) is 28.8 Å². The summed E-state index contributed by atoms with van der Waals surface area (Å²) in [6, 6.07) is 9.25. The molecule has 0 spiro atoms.